The first-order valence-corrected chi connectivity index (χ1v) is 10.4. The third kappa shape index (κ3) is 3.46. The summed E-state index contributed by atoms with van der Waals surface area (Å²) in [5, 5.41) is 2.23. The molecule has 0 bridgehead atoms. The van der Waals surface area contributed by atoms with Crippen molar-refractivity contribution in [3.05, 3.63) is 64.2 Å². The third-order valence-corrected chi connectivity index (χ3v) is 6.35. The van der Waals surface area contributed by atoms with Gasteiger partial charge in [-0.15, -0.1) is 0 Å². The summed E-state index contributed by atoms with van der Waals surface area (Å²) in [6, 6.07) is 7.54. The maximum atomic E-state index is 13.3. The molecule has 4 amide bonds. The highest BCUT2D eigenvalue weighted by molar-refractivity contribution is 6.09. The fourth-order valence-corrected chi connectivity index (χ4v) is 4.77. The van der Waals surface area contributed by atoms with Crippen LogP contribution in [0.15, 0.2) is 36.4 Å². The van der Waals surface area contributed by atoms with Crippen LogP contribution >= 0.6 is 0 Å². The maximum absolute atomic E-state index is 13.3. The molecule has 1 N–H and O–H groups in total. The van der Waals surface area contributed by atoms with Crippen molar-refractivity contribution in [2.75, 3.05) is 11.4 Å². The average molecular weight is 457 g/mol. The molecule has 0 aromatic heterocycles. The van der Waals surface area contributed by atoms with Gasteiger partial charge in [-0.25, -0.2) is 0 Å². The standard InChI is InChI=1S/C23H18F3N3O4/c24-23(25,26)16-2-1-3-17-15(16)8-9-28(17)21(32)12-4-5-14-13(10-12)11-29(22(14)33)18-6-7-19(30)27-20(18)31/h1-5,10,18H,6-9,11H2,(H,27,30,31). The molecule has 10 heteroatoms. The summed E-state index contributed by atoms with van der Waals surface area (Å²) in [6.07, 6.45) is -4.04. The van der Waals surface area contributed by atoms with E-state index in [1.165, 1.54) is 34.1 Å². The van der Waals surface area contributed by atoms with Gasteiger partial charge < -0.3 is 9.80 Å². The predicted octanol–water partition coefficient (Wildman–Crippen LogP) is 2.67. The summed E-state index contributed by atoms with van der Waals surface area (Å²) in [6.45, 7) is 0.232. The second kappa shape index (κ2) is 7.43. The van der Waals surface area contributed by atoms with E-state index in [4.69, 9.17) is 0 Å². The number of carbonyl (C=O) groups is 4. The first kappa shape index (κ1) is 21.2. The Hall–Kier alpha value is -3.69. The Morgan fingerprint density at radius 3 is 2.58 bits per heavy atom. The Morgan fingerprint density at radius 2 is 1.85 bits per heavy atom. The number of fused-ring (bicyclic) bond motifs is 2. The van der Waals surface area contributed by atoms with Crippen molar-refractivity contribution in [3.63, 3.8) is 0 Å². The highest BCUT2D eigenvalue weighted by Crippen LogP contribution is 2.40. The van der Waals surface area contributed by atoms with Crippen molar-refractivity contribution in [2.45, 2.75) is 38.0 Å². The van der Waals surface area contributed by atoms with E-state index in [1.807, 2.05) is 0 Å². The molecule has 1 saturated heterocycles. The van der Waals surface area contributed by atoms with E-state index in [-0.39, 0.29) is 61.0 Å². The number of amides is 4. The van der Waals surface area contributed by atoms with Crippen LogP contribution in [0.2, 0.25) is 0 Å². The molecule has 170 valence electrons. The lowest BCUT2D eigenvalue weighted by molar-refractivity contribution is -0.138. The van der Waals surface area contributed by atoms with Gasteiger partial charge in [0.2, 0.25) is 11.8 Å². The van der Waals surface area contributed by atoms with Crippen LogP contribution in [0.1, 0.15) is 50.2 Å². The number of alkyl halides is 3. The zero-order chi connectivity index (χ0) is 23.5. The van der Waals surface area contributed by atoms with Crippen molar-refractivity contribution in [2.24, 2.45) is 0 Å². The Balaban J connectivity index is 1.40. The molecule has 33 heavy (non-hydrogen) atoms. The number of nitrogens with one attached hydrogen (secondary N) is 1. The Morgan fingerprint density at radius 1 is 1.06 bits per heavy atom. The number of hydrogen-bond acceptors (Lipinski definition) is 4. The molecular weight excluding hydrogens is 439 g/mol. The maximum Gasteiger partial charge on any atom is 0.416 e. The predicted molar refractivity (Wildman–Crippen MR) is 109 cm³/mol. The molecule has 0 saturated carbocycles. The smallest absolute Gasteiger partial charge is 0.322 e. The van der Waals surface area contributed by atoms with Crippen molar-refractivity contribution >= 4 is 29.3 Å². The number of anilines is 1. The minimum absolute atomic E-state index is 0.0960. The first-order chi connectivity index (χ1) is 15.6. The molecule has 2 aromatic rings. The SMILES string of the molecule is O=C1CCC(N2Cc3cc(C(=O)N4CCc5c4cccc5C(F)(F)F)ccc3C2=O)C(=O)N1. The van der Waals surface area contributed by atoms with Crippen molar-refractivity contribution in [3.8, 4) is 0 Å². The van der Waals surface area contributed by atoms with Crippen LogP contribution in [0.25, 0.3) is 0 Å². The molecule has 1 unspecified atom stereocenters. The van der Waals surface area contributed by atoms with Gasteiger partial charge in [-0.05, 0) is 54.3 Å². The van der Waals surface area contributed by atoms with Gasteiger partial charge in [0.25, 0.3) is 11.8 Å². The lowest BCUT2D eigenvalue weighted by atomic mass is 10.0. The number of piperidine rings is 1. The molecule has 3 heterocycles. The number of benzene rings is 2. The highest BCUT2D eigenvalue weighted by atomic mass is 19.4. The van der Waals surface area contributed by atoms with E-state index < -0.39 is 29.6 Å². The summed E-state index contributed by atoms with van der Waals surface area (Å²) >= 11 is 0. The summed E-state index contributed by atoms with van der Waals surface area (Å²) in [7, 11) is 0. The zero-order valence-corrected chi connectivity index (χ0v) is 17.2. The van der Waals surface area contributed by atoms with E-state index >= 15 is 0 Å². The monoisotopic (exact) mass is 457 g/mol. The number of halogens is 3. The van der Waals surface area contributed by atoms with Crippen molar-refractivity contribution < 1.29 is 32.3 Å². The van der Waals surface area contributed by atoms with Gasteiger partial charge >= 0.3 is 6.18 Å². The van der Waals surface area contributed by atoms with Gasteiger partial charge in [0.05, 0.1) is 5.56 Å². The molecule has 0 radical (unpaired) electrons. The second-order valence-electron chi connectivity index (χ2n) is 8.28. The minimum atomic E-state index is -4.50. The Labute approximate surface area is 186 Å². The highest BCUT2D eigenvalue weighted by Gasteiger charge is 2.40. The minimum Gasteiger partial charge on any atom is -0.322 e. The van der Waals surface area contributed by atoms with Gasteiger partial charge in [-0.1, -0.05) is 6.07 Å². The van der Waals surface area contributed by atoms with Crippen LogP contribution in [-0.4, -0.2) is 41.1 Å². The number of imide groups is 1. The summed E-state index contributed by atoms with van der Waals surface area (Å²) in [5.74, 6) is -1.73. The zero-order valence-electron chi connectivity index (χ0n) is 17.2. The van der Waals surface area contributed by atoms with Gasteiger partial charge in [-0.2, -0.15) is 13.2 Å². The Bertz CT molecular complexity index is 1220. The number of rotatable bonds is 2. The molecule has 0 spiro atoms. The first-order valence-electron chi connectivity index (χ1n) is 10.4. The number of carbonyl (C=O) groups excluding carboxylic acids is 4. The van der Waals surface area contributed by atoms with E-state index in [1.54, 1.807) is 6.07 Å². The third-order valence-electron chi connectivity index (χ3n) is 6.35. The Kier molecular flexibility index (Phi) is 4.77. The van der Waals surface area contributed by atoms with E-state index in [9.17, 15) is 32.3 Å². The quantitative estimate of drug-likeness (QED) is 0.703. The molecule has 3 aliphatic heterocycles. The second-order valence-corrected chi connectivity index (χ2v) is 8.28. The van der Waals surface area contributed by atoms with E-state index in [0.717, 1.165) is 6.07 Å². The average Bonchev–Trinajstić information content (AvgIpc) is 3.33. The van der Waals surface area contributed by atoms with Crippen molar-refractivity contribution in [1.82, 2.24) is 10.2 Å². The van der Waals surface area contributed by atoms with E-state index in [2.05, 4.69) is 5.32 Å². The van der Waals surface area contributed by atoms with E-state index in [0.29, 0.717) is 11.1 Å². The molecule has 2 aromatic carbocycles. The molecule has 1 fully saturated rings. The van der Waals surface area contributed by atoms with Crippen LogP contribution in [0.4, 0.5) is 18.9 Å². The van der Waals surface area contributed by atoms with Crippen LogP contribution in [-0.2, 0) is 28.7 Å². The van der Waals surface area contributed by atoms with Crippen LogP contribution in [0.5, 0.6) is 0 Å². The normalized spacial score (nSPS) is 20.1. The molecule has 0 aliphatic carbocycles. The largest absolute Gasteiger partial charge is 0.416 e. The van der Waals surface area contributed by atoms with Crippen LogP contribution in [0.3, 0.4) is 0 Å². The van der Waals surface area contributed by atoms with Crippen LogP contribution in [0, 0.1) is 0 Å². The summed E-state index contributed by atoms with van der Waals surface area (Å²) < 4.78 is 40.0. The number of hydrogen-bond donors (Lipinski definition) is 1. The summed E-state index contributed by atoms with van der Waals surface area (Å²) in [4.78, 5) is 52.3. The molecule has 7 nitrogen and oxygen atoms in total. The molecular formula is C23H18F3N3O4. The van der Waals surface area contributed by atoms with Crippen LogP contribution < -0.4 is 10.2 Å². The summed E-state index contributed by atoms with van der Waals surface area (Å²) in [5.41, 5.74) is 0.749. The van der Waals surface area contributed by atoms with Crippen molar-refractivity contribution in [1.29, 1.82) is 0 Å². The van der Waals surface area contributed by atoms with Gasteiger partial charge in [-0.3, -0.25) is 24.5 Å². The topological polar surface area (TPSA) is 86.8 Å². The molecule has 5 rings (SSSR count). The van der Waals surface area contributed by atoms with Gasteiger partial charge in [0.15, 0.2) is 0 Å². The fraction of sp³-hybridized carbons (Fsp3) is 0.304. The lowest BCUT2D eigenvalue weighted by Crippen LogP contribution is -2.52. The molecule has 3 aliphatic rings. The number of nitrogens with zero attached hydrogens (tertiary/aromatic N) is 2. The fourth-order valence-electron chi connectivity index (χ4n) is 4.77. The lowest BCUT2D eigenvalue weighted by Gasteiger charge is -2.29. The van der Waals surface area contributed by atoms with Gasteiger partial charge in [0.1, 0.15) is 6.04 Å². The van der Waals surface area contributed by atoms with Gasteiger partial charge in [0, 0.05) is 36.3 Å². The molecule has 1 atom stereocenters.